The average Bonchev–Trinajstić information content (AvgIpc) is 3.09. The standard InChI is InChI=1S/C21H21NO4S2/c1-13-8-15(20(24)22-6-7-28-21(25,26)12-22)3-4-16(13)18-11-27-19-5-2-14(10-23)9-17(18)19/h2-5,8-9,11,23,25-26H,6-7,10,12H2,1H3. The van der Waals surface area contributed by atoms with Crippen molar-refractivity contribution in [2.75, 3.05) is 18.8 Å². The van der Waals surface area contributed by atoms with Crippen LogP contribution in [0.1, 0.15) is 21.5 Å². The number of carbonyl (C=O) groups is 1. The highest BCUT2D eigenvalue weighted by atomic mass is 32.2. The summed E-state index contributed by atoms with van der Waals surface area (Å²) in [5.41, 5.74) is 4.53. The molecule has 1 saturated heterocycles. The van der Waals surface area contributed by atoms with E-state index in [1.165, 1.54) is 4.90 Å². The monoisotopic (exact) mass is 415 g/mol. The highest BCUT2D eigenvalue weighted by Gasteiger charge is 2.34. The molecule has 0 spiro atoms. The van der Waals surface area contributed by atoms with Crippen molar-refractivity contribution in [2.24, 2.45) is 0 Å². The molecular formula is C21H21NO4S2. The summed E-state index contributed by atoms with van der Waals surface area (Å²) in [4.78, 5) is 14.3. The zero-order chi connectivity index (χ0) is 19.9. The van der Waals surface area contributed by atoms with Crippen LogP contribution in [0.25, 0.3) is 21.2 Å². The van der Waals surface area contributed by atoms with Gasteiger partial charge in [-0.25, -0.2) is 0 Å². The van der Waals surface area contributed by atoms with Crippen LogP contribution in [-0.2, 0) is 6.61 Å². The lowest BCUT2D eigenvalue weighted by molar-refractivity contribution is -0.0933. The topological polar surface area (TPSA) is 81.0 Å². The van der Waals surface area contributed by atoms with Gasteiger partial charge in [-0.15, -0.1) is 11.3 Å². The molecule has 3 N–H and O–H groups in total. The van der Waals surface area contributed by atoms with E-state index in [9.17, 15) is 20.1 Å². The van der Waals surface area contributed by atoms with Gasteiger partial charge >= 0.3 is 0 Å². The highest BCUT2D eigenvalue weighted by molar-refractivity contribution is 8.00. The van der Waals surface area contributed by atoms with E-state index in [0.717, 1.165) is 44.1 Å². The number of nitrogens with zero attached hydrogens (tertiary/aromatic N) is 1. The third kappa shape index (κ3) is 3.68. The fourth-order valence-electron chi connectivity index (χ4n) is 3.53. The first-order valence-corrected chi connectivity index (χ1v) is 10.8. The smallest absolute Gasteiger partial charge is 0.254 e. The van der Waals surface area contributed by atoms with Crippen LogP contribution in [0.4, 0.5) is 0 Å². The Balaban J connectivity index is 1.66. The molecule has 7 heteroatoms. The van der Waals surface area contributed by atoms with Crippen molar-refractivity contribution in [2.45, 2.75) is 18.6 Å². The maximum absolute atomic E-state index is 12.8. The molecule has 2 heterocycles. The molecule has 0 radical (unpaired) electrons. The number of thiophene rings is 1. The first kappa shape index (κ1) is 19.4. The molecule has 28 heavy (non-hydrogen) atoms. The molecule has 1 aromatic heterocycles. The number of carbonyl (C=O) groups excluding carboxylic acids is 1. The lowest BCUT2D eigenvalue weighted by Gasteiger charge is -2.34. The maximum Gasteiger partial charge on any atom is 0.254 e. The van der Waals surface area contributed by atoms with Crippen molar-refractivity contribution in [1.82, 2.24) is 4.90 Å². The fraction of sp³-hybridized carbons (Fsp3) is 0.286. The van der Waals surface area contributed by atoms with Gasteiger partial charge in [0, 0.05) is 33.5 Å². The molecule has 3 aromatic rings. The Kier molecular flexibility index (Phi) is 5.20. The number of aliphatic hydroxyl groups is 3. The van der Waals surface area contributed by atoms with E-state index >= 15 is 0 Å². The summed E-state index contributed by atoms with van der Waals surface area (Å²) in [6.45, 7) is 2.37. The molecule has 1 amide bonds. The molecular weight excluding hydrogens is 394 g/mol. The molecule has 4 rings (SSSR count). The summed E-state index contributed by atoms with van der Waals surface area (Å²) in [7, 11) is 0. The van der Waals surface area contributed by atoms with Gasteiger partial charge in [-0.1, -0.05) is 23.9 Å². The SMILES string of the molecule is Cc1cc(C(=O)N2CCSC(O)(O)C2)ccc1-c1csc2ccc(CO)cc12. The van der Waals surface area contributed by atoms with E-state index in [1.807, 2.05) is 37.3 Å². The zero-order valence-corrected chi connectivity index (χ0v) is 17.0. The largest absolute Gasteiger partial charge is 0.392 e. The highest BCUT2D eigenvalue weighted by Crippen LogP contribution is 2.36. The van der Waals surface area contributed by atoms with Gasteiger partial charge in [0.15, 0.2) is 0 Å². The van der Waals surface area contributed by atoms with Gasteiger partial charge in [-0.3, -0.25) is 4.79 Å². The first-order valence-electron chi connectivity index (χ1n) is 8.98. The van der Waals surface area contributed by atoms with Gasteiger partial charge in [0.25, 0.3) is 5.91 Å². The molecule has 1 fully saturated rings. The first-order chi connectivity index (χ1) is 13.4. The lowest BCUT2D eigenvalue weighted by Crippen LogP contribution is -2.49. The second-order valence-electron chi connectivity index (χ2n) is 6.99. The minimum Gasteiger partial charge on any atom is -0.392 e. The second kappa shape index (κ2) is 7.50. The Bertz CT molecular complexity index is 1040. The fourth-order valence-corrected chi connectivity index (χ4v) is 5.36. The van der Waals surface area contributed by atoms with Gasteiger partial charge in [-0.2, -0.15) is 0 Å². The number of amides is 1. The third-order valence-electron chi connectivity index (χ3n) is 4.96. The van der Waals surface area contributed by atoms with Crippen LogP contribution in [0.5, 0.6) is 0 Å². The molecule has 0 aliphatic carbocycles. The zero-order valence-electron chi connectivity index (χ0n) is 15.4. The summed E-state index contributed by atoms with van der Waals surface area (Å²) in [5.74, 6) is 0.296. The van der Waals surface area contributed by atoms with Crippen LogP contribution in [0, 0.1) is 6.92 Å². The van der Waals surface area contributed by atoms with Crippen LogP contribution in [0.2, 0.25) is 0 Å². The Labute approximate surface area is 171 Å². The van der Waals surface area contributed by atoms with E-state index in [1.54, 1.807) is 17.4 Å². The van der Waals surface area contributed by atoms with Crippen molar-refractivity contribution in [3.05, 3.63) is 58.5 Å². The number of hydrogen-bond acceptors (Lipinski definition) is 6. The predicted molar refractivity (Wildman–Crippen MR) is 113 cm³/mol. The van der Waals surface area contributed by atoms with E-state index in [4.69, 9.17) is 0 Å². The Morgan fingerprint density at radius 1 is 1.18 bits per heavy atom. The Morgan fingerprint density at radius 3 is 2.71 bits per heavy atom. The molecule has 0 unspecified atom stereocenters. The van der Waals surface area contributed by atoms with Crippen LogP contribution in [0.3, 0.4) is 0 Å². The average molecular weight is 416 g/mol. The minimum absolute atomic E-state index is 0.00295. The van der Waals surface area contributed by atoms with Gasteiger partial charge in [0.05, 0.1) is 13.2 Å². The number of rotatable bonds is 3. The molecule has 146 valence electrons. The minimum atomic E-state index is -1.89. The van der Waals surface area contributed by atoms with Crippen molar-refractivity contribution < 1.29 is 20.1 Å². The predicted octanol–water partition coefficient (Wildman–Crippen LogP) is 3.20. The van der Waals surface area contributed by atoms with Gasteiger partial charge in [0.2, 0.25) is 5.12 Å². The maximum atomic E-state index is 12.8. The second-order valence-corrected chi connectivity index (χ2v) is 9.25. The van der Waals surface area contributed by atoms with Crippen LogP contribution in [-0.4, -0.2) is 50.1 Å². The van der Waals surface area contributed by atoms with Crippen LogP contribution >= 0.6 is 23.1 Å². The van der Waals surface area contributed by atoms with Gasteiger partial charge in [0.1, 0.15) is 0 Å². The van der Waals surface area contributed by atoms with E-state index in [-0.39, 0.29) is 19.1 Å². The van der Waals surface area contributed by atoms with Gasteiger partial charge in [-0.05, 0) is 53.3 Å². The number of β-amino-alcohol motifs (C(OH)–C–C–N with tert-alkyl or cyclic N) is 2. The number of aliphatic hydroxyl groups excluding tert-OH is 1. The summed E-state index contributed by atoms with van der Waals surface area (Å²) in [6, 6.07) is 11.5. The normalized spacial score (nSPS) is 16.5. The molecule has 0 bridgehead atoms. The molecule has 0 atom stereocenters. The number of aryl methyl sites for hydroxylation is 1. The van der Waals surface area contributed by atoms with Crippen molar-refractivity contribution in [3.63, 3.8) is 0 Å². The van der Waals surface area contributed by atoms with Crippen LogP contribution in [0.15, 0.2) is 41.8 Å². The molecule has 0 saturated carbocycles. The van der Waals surface area contributed by atoms with Crippen LogP contribution < -0.4 is 0 Å². The van der Waals surface area contributed by atoms with Gasteiger partial charge < -0.3 is 20.2 Å². The number of thioether (sulfide) groups is 1. The summed E-state index contributed by atoms with van der Waals surface area (Å²) in [6.07, 6.45) is 0. The molecule has 1 aliphatic heterocycles. The van der Waals surface area contributed by atoms with E-state index in [2.05, 4.69) is 5.38 Å². The van der Waals surface area contributed by atoms with Crippen molar-refractivity contribution >= 4 is 39.1 Å². The number of fused-ring (bicyclic) bond motifs is 1. The van der Waals surface area contributed by atoms with E-state index < -0.39 is 5.12 Å². The molecule has 2 aromatic carbocycles. The van der Waals surface area contributed by atoms with Crippen molar-refractivity contribution in [1.29, 1.82) is 0 Å². The summed E-state index contributed by atoms with van der Waals surface area (Å²) in [5, 5.41) is 30.4. The Morgan fingerprint density at radius 2 is 2.00 bits per heavy atom. The molecule has 1 aliphatic rings. The third-order valence-corrected chi connectivity index (χ3v) is 6.90. The number of benzene rings is 2. The molecule has 5 nitrogen and oxygen atoms in total. The van der Waals surface area contributed by atoms with Crippen molar-refractivity contribution in [3.8, 4) is 11.1 Å². The lowest BCUT2D eigenvalue weighted by atomic mass is 9.97. The van der Waals surface area contributed by atoms with E-state index in [0.29, 0.717) is 17.9 Å². The quantitative estimate of drug-likeness (QED) is 0.573. The summed E-state index contributed by atoms with van der Waals surface area (Å²) >= 11 is 2.70. The number of hydrogen-bond donors (Lipinski definition) is 3. The summed E-state index contributed by atoms with van der Waals surface area (Å²) < 4.78 is 1.15. The Hall–Kier alpha value is -1.90.